The molecular formula is C12H21N3O2. The third kappa shape index (κ3) is 2.34. The van der Waals surface area contributed by atoms with Gasteiger partial charge in [-0.05, 0) is 19.3 Å². The number of nitrogens with two attached hydrogens (primary N) is 1. The minimum atomic E-state index is -0.556. The van der Waals surface area contributed by atoms with Crippen LogP contribution in [0.25, 0.3) is 0 Å². The van der Waals surface area contributed by atoms with Gasteiger partial charge in [0, 0.05) is 7.11 Å². The Hall–Kier alpha value is -1.36. The van der Waals surface area contributed by atoms with Crippen LogP contribution in [0.2, 0.25) is 0 Å². The van der Waals surface area contributed by atoms with E-state index in [2.05, 4.69) is 9.97 Å². The number of aromatic nitrogens is 2. The smallest absolute Gasteiger partial charge is 0.256 e. The zero-order chi connectivity index (χ0) is 13.1. The molecule has 1 rings (SSSR count). The normalized spacial score (nSPS) is 11.8. The molecule has 1 heterocycles. The fourth-order valence-corrected chi connectivity index (χ4v) is 2.04. The Morgan fingerprint density at radius 1 is 1.35 bits per heavy atom. The van der Waals surface area contributed by atoms with E-state index in [0.29, 0.717) is 23.6 Å². The largest absolute Gasteiger partial charge is 0.383 e. The molecule has 0 aromatic carbocycles. The van der Waals surface area contributed by atoms with Crippen molar-refractivity contribution in [2.45, 2.75) is 45.6 Å². The summed E-state index contributed by atoms with van der Waals surface area (Å²) in [5.41, 5.74) is 5.62. The van der Waals surface area contributed by atoms with E-state index in [9.17, 15) is 4.79 Å². The van der Waals surface area contributed by atoms with Crippen LogP contribution in [0.4, 0.5) is 5.82 Å². The lowest BCUT2D eigenvalue weighted by Crippen LogP contribution is -2.33. The van der Waals surface area contributed by atoms with E-state index >= 15 is 0 Å². The molecule has 0 aliphatic carbocycles. The molecule has 0 aliphatic rings. The SMILES string of the molecule is CCc1c(N)nc(C(CC)(CC)OC)[nH]c1=O. The third-order valence-electron chi connectivity index (χ3n) is 3.37. The van der Waals surface area contributed by atoms with Crippen molar-refractivity contribution in [3.05, 3.63) is 21.7 Å². The number of hydrogen-bond acceptors (Lipinski definition) is 4. The van der Waals surface area contributed by atoms with Gasteiger partial charge in [0.15, 0.2) is 0 Å². The van der Waals surface area contributed by atoms with Crippen molar-refractivity contribution in [3.63, 3.8) is 0 Å². The van der Waals surface area contributed by atoms with E-state index in [1.807, 2.05) is 20.8 Å². The molecule has 17 heavy (non-hydrogen) atoms. The second-order valence-corrected chi connectivity index (χ2v) is 4.04. The third-order valence-corrected chi connectivity index (χ3v) is 3.37. The average Bonchev–Trinajstić information content (AvgIpc) is 2.32. The topological polar surface area (TPSA) is 81.0 Å². The van der Waals surface area contributed by atoms with Gasteiger partial charge in [0.05, 0.1) is 5.56 Å². The van der Waals surface area contributed by atoms with E-state index < -0.39 is 5.60 Å². The van der Waals surface area contributed by atoms with Crippen LogP contribution in [0, 0.1) is 0 Å². The fraction of sp³-hybridized carbons (Fsp3) is 0.667. The van der Waals surface area contributed by atoms with Crippen LogP contribution in [0.15, 0.2) is 4.79 Å². The minimum Gasteiger partial charge on any atom is -0.383 e. The van der Waals surface area contributed by atoms with Gasteiger partial charge in [-0.15, -0.1) is 0 Å². The van der Waals surface area contributed by atoms with E-state index in [1.54, 1.807) is 7.11 Å². The van der Waals surface area contributed by atoms with Gasteiger partial charge in [-0.2, -0.15) is 0 Å². The molecular weight excluding hydrogens is 218 g/mol. The van der Waals surface area contributed by atoms with Gasteiger partial charge in [-0.3, -0.25) is 4.79 Å². The summed E-state index contributed by atoms with van der Waals surface area (Å²) in [5.74, 6) is 0.819. The zero-order valence-electron chi connectivity index (χ0n) is 11.0. The maximum absolute atomic E-state index is 11.9. The summed E-state index contributed by atoms with van der Waals surface area (Å²) in [6.45, 7) is 5.87. The van der Waals surface area contributed by atoms with Gasteiger partial charge in [-0.1, -0.05) is 20.8 Å². The van der Waals surface area contributed by atoms with Crippen molar-refractivity contribution < 1.29 is 4.74 Å². The minimum absolute atomic E-state index is 0.168. The number of anilines is 1. The summed E-state index contributed by atoms with van der Waals surface area (Å²) in [4.78, 5) is 18.9. The van der Waals surface area contributed by atoms with E-state index in [-0.39, 0.29) is 5.56 Å². The molecule has 0 aliphatic heterocycles. The molecule has 1 aromatic rings. The number of aromatic amines is 1. The first-order valence-corrected chi connectivity index (χ1v) is 5.98. The number of H-pyrrole nitrogens is 1. The maximum atomic E-state index is 11.9. The molecule has 0 amide bonds. The molecule has 0 spiro atoms. The Bertz CT molecular complexity index is 428. The predicted molar refractivity (Wildman–Crippen MR) is 67.9 cm³/mol. The zero-order valence-corrected chi connectivity index (χ0v) is 11.0. The fourth-order valence-electron chi connectivity index (χ4n) is 2.04. The van der Waals surface area contributed by atoms with E-state index in [0.717, 1.165) is 12.8 Å². The first-order chi connectivity index (χ1) is 8.04. The number of ether oxygens (including phenoxy) is 1. The molecule has 0 unspecified atom stereocenters. The number of nitrogen functional groups attached to an aromatic ring is 1. The summed E-state index contributed by atoms with van der Waals surface area (Å²) in [5, 5.41) is 0. The molecule has 0 fully saturated rings. The second-order valence-electron chi connectivity index (χ2n) is 4.04. The summed E-state index contributed by atoms with van der Waals surface area (Å²) < 4.78 is 5.52. The summed E-state index contributed by atoms with van der Waals surface area (Å²) in [7, 11) is 1.62. The van der Waals surface area contributed by atoms with Crippen LogP contribution >= 0.6 is 0 Å². The Morgan fingerprint density at radius 3 is 2.29 bits per heavy atom. The summed E-state index contributed by atoms with van der Waals surface area (Å²) in [6, 6.07) is 0. The van der Waals surface area contributed by atoms with Crippen LogP contribution < -0.4 is 11.3 Å². The van der Waals surface area contributed by atoms with Crippen LogP contribution in [-0.2, 0) is 16.8 Å². The number of nitrogens with zero attached hydrogens (tertiary/aromatic N) is 1. The molecule has 0 bridgehead atoms. The number of nitrogens with one attached hydrogen (secondary N) is 1. The molecule has 0 atom stereocenters. The summed E-state index contributed by atoms with van der Waals surface area (Å²) in [6.07, 6.45) is 2.04. The van der Waals surface area contributed by atoms with Crippen molar-refractivity contribution in [2.24, 2.45) is 0 Å². The molecule has 1 aromatic heterocycles. The monoisotopic (exact) mass is 239 g/mol. The van der Waals surface area contributed by atoms with Gasteiger partial charge >= 0.3 is 0 Å². The maximum Gasteiger partial charge on any atom is 0.256 e. The van der Waals surface area contributed by atoms with Crippen LogP contribution in [0.1, 0.15) is 45.0 Å². The lowest BCUT2D eigenvalue weighted by Gasteiger charge is -2.29. The lowest BCUT2D eigenvalue weighted by molar-refractivity contribution is -0.0292. The van der Waals surface area contributed by atoms with Crippen LogP contribution in [-0.4, -0.2) is 17.1 Å². The van der Waals surface area contributed by atoms with Crippen LogP contribution in [0.3, 0.4) is 0 Å². The van der Waals surface area contributed by atoms with Gasteiger partial charge in [0.1, 0.15) is 17.2 Å². The van der Waals surface area contributed by atoms with E-state index in [1.165, 1.54) is 0 Å². The van der Waals surface area contributed by atoms with Gasteiger partial charge in [0.25, 0.3) is 5.56 Å². The highest BCUT2D eigenvalue weighted by atomic mass is 16.5. The van der Waals surface area contributed by atoms with E-state index in [4.69, 9.17) is 10.5 Å². The Kier molecular flexibility index (Phi) is 4.28. The number of rotatable bonds is 5. The Morgan fingerprint density at radius 2 is 1.94 bits per heavy atom. The molecule has 3 N–H and O–H groups in total. The first-order valence-electron chi connectivity index (χ1n) is 5.98. The standard InChI is InChI=1S/C12H21N3O2/c1-5-8-9(13)14-11(15-10(8)16)12(6-2,7-3)17-4/h5-7H2,1-4H3,(H3,13,14,15,16). The average molecular weight is 239 g/mol. The first kappa shape index (κ1) is 13.7. The second kappa shape index (κ2) is 5.31. The van der Waals surface area contributed by atoms with Crippen LogP contribution in [0.5, 0.6) is 0 Å². The number of hydrogen-bond donors (Lipinski definition) is 2. The highest BCUT2D eigenvalue weighted by molar-refractivity contribution is 5.38. The molecule has 96 valence electrons. The molecule has 5 heteroatoms. The van der Waals surface area contributed by atoms with Crippen molar-refractivity contribution in [1.29, 1.82) is 0 Å². The number of methoxy groups -OCH3 is 1. The highest BCUT2D eigenvalue weighted by Gasteiger charge is 2.31. The Labute approximate surface area is 101 Å². The molecule has 0 saturated carbocycles. The highest BCUT2D eigenvalue weighted by Crippen LogP contribution is 2.29. The van der Waals surface area contributed by atoms with Gasteiger partial charge in [0.2, 0.25) is 0 Å². The molecule has 0 radical (unpaired) electrons. The lowest BCUT2D eigenvalue weighted by atomic mass is 9.96. The quantitative estimate of drug-likeness (QED) is 0.817. The van der Waals surface area contributed by atoms with Gasteiger partial charge < -0.3 is 15.5 Å². The predicted octanol–water partition coefficient (Wildman–Crippen LogP) is 1.58. The van der Waals surface area contributed by atoms with Crippen molar-refractivity contribution in [3.8, 4) is 0 Å². The Balaban J connectivity index is 3.37. The van der Waals surface area contributed by atoms with Crippen molar-refractivity contribution in [1.82, 2.24) is 9.97 Å². The summed E-state index contributed by atoms with van der Waals surface area (Å²) >= 11 is 0. The molecule has 0 saturated heterocycles. The van der Waals surface area contributed by atoms with Gasteiger partial charge in [-0.25, -0.2) is 4.98 Å². The van der Waals surface area contributed by atoms with Crippen molar-refractivity contribution >= 4 is 5.82 Å². The molecule has 5 nitrogen and oxygen atoms in total. The van der Waals surface area contributed by atoms with Crippen molar-refractivity contribution in [2.75, 3.05) is 12.8 Å².